The normalized spacial score (nSPS) is 13.9. The highest BCUT2D eigenvalue weighted by atomic mass is 16.2. The Kier molecular flexibility index (Phi) is 6.65. The first-order valence-electron chi connectivity index (χ1n) is 6.36. The fraction of sp³-hybridized carbons (Fsp3) is 0.923. The molecule has 3 N–H and O–H groups in total. The maximum absolute atomic E-state index is 12.0. The highest BCUT2D eigenvalue weighted by molar-refractivity contribution is 5.79. The molecule has 96 valence electrons. The molecule has 0 aliphatic carbocycles. The van der Waals surface area contributed by atoms with Gasteiger partial charge in [-0.1, -0.05) is 26.7 Å². The van der Waals surface area contributed by atoms with E-state index in [1.807, 2.05) is 20.8 Å². The van der Waals surface area contributed by atoms with Crippen LogP contribution in [-0.4, -0.2) is 18.0 Å². The summed E-state index contributed by atoms with van der Waals surface area (Å²) in [6, 6.07) is 0. The van der Waals surface area contributed by atoms with E-state index in [4.69, 9.17) is 5.73 Å². The molecule has 0 saturated carbocycles. The minimum atomic E-state index is -0.168. The number of nitrogens with two attached hydrogens (primary N) is 1. The molecule has 0 aromatic rings. The number of nitrogens with one attached hydrogen (secondary N) is 1. The summed E-state index contributed by atoms with van der Waals surface area (Å²) in [5, 5.41) is 3.00. The standard InChI is InChI=1S/C13H28N2O/c1-6-10(7-2)8-11(9-14)12(16)15-13(3,4)5/h10-11H,6-9,14H2,1-5H3,(H,15,16). The van der Waals surface area contributed by atoms with Crippen LogP contribution in [0.5, 0.6) is 0 Å². The van der Waals surface area contributed by atoms with Crippen LogP contribution in [0.4, 0.5) is 0 Å². The molecule has 1 atom stereocenters. The Morgan fingerprint density at radius 2 is 1.75 bits per heavy atom. The molecule has 3 heteroatoms. The molecule has 0 spiro atoms. The van der Waals surface area contributed by atoms with E-state index in [1.165, 1.54) is 0 Å². The van der Waals surface area contributed by atoms with E-state index >= 15 is 0 Å². The second kappa shape index (κ2) is 6.89. The first-order chi connectivity index (χ1) is 7.34. The Labute approximate surface area is 100 Å². The Hall–Kier alpha value is -0.570. The lowest BCUT2D eigenvalue weighted by Crippen LogP contribution is -2.46. The van der Waals surface area contributed by atoms with Gasteiger partial charge in [0.05, 0.1) is 5.92 Å². The number of carbonyl (C=O) groups excluding carboxylic acids is 1. The predicted octanol–water partition coefficient (Wildman–Crippen LogP) is 2.30. The van der Waals surface area contributed by atoms with Crippen molar-refractivity contribution in [1.29, 1.82) is 0 Å². The van der Waals surface area contributed by atoms with Crippen LogP contribution in [0.15, 0.2) is 0 Å². The zero-order chi connectivity index (χ0) is 12.8. The third-order valence-electron chi connectivity index (χ3n) is 2.93. The van der Waals surface area contributed by atoms with E-state index in [1.54, 1.807) is 0 Å². The van der Waals surface area contributed by atoms with Crippen LogP contribution in [0.25, 0.3) is 0 Å². The third kappa shape index (κ3) is 6.11. The molecule has 0 aliphatic rings. The van der Waals surface area contributed by atoms with Crippen molar-refractivity contribution >= 4 is 5.91 Å². The molecule has 16 heavy (non-hydrogen) atoms. The zero-order valence-corrected chi connectivity index (χ0v) is 11.5. The molecule has 0 bridgehead atoms. The first-order valence-corrected chi connectivity index (χ1v) is 6.36. The average Bonchev–Trinajstić information content (AvgIpc) is 2.17. The van der Waals surface area contributed by atoms with Crippen LogP contribution >= 0.6 is 0 Å². The molecule has 0 radical (unpaired) electrons. The van der Waals surface area contributed by atoms with Gasteiger partial charge in [-0.15, -0.1) is 0 Å². The summed E-state index contributed by atoms with van der Waals surface area (Å²) in [5.74, 6) is 0.672. The van der Waals surface area contributed by atoms with Crippen molar-refractivity contribution in [2.75, 3.05) is 6.54 Å². The summed E-state index contributed by atoms with van der Waals surface area (Å²) < 4.78 is 0. The SMILES string of the molecule is CCC(CC)CC(CN)C(=O)NC(C)(C)C. The van der Waals surface area contributed by atoms with Crippen LogP contribution in [0.1, 0.15) is 53.9 Å². The third-order valence-corrected chi connectivity index (χ3v) is 2.93. The highest BCUT2D eigenvalue weighted by Crippen LogP contribution is 2.19. The van der Waals surface area contributed by atoms with Gasteiger partial charge < -0.3 is 11.1 Å². The van der Waals surface area contributed by atoms with Gasteiger partial charge in [-0.05, 0) is 33.1 Å². The van der Waals surface area contributed by atoms with Crippen LogP contribution in [0, 0.1) is 11.8 Å². The molecule has 0 rings (SSSR count). The van der Waals surface area contributed by atoms with Crippen molar-refractivity contribution in [2.45, 2.75) is 59.4 Å². The lowest BCUT2D eigenvalue weighted by Gasteiger charge is -2.26. The number of amides is 1. The summed E-state index contributed by atoms with van der Waals surface area (Å²) in [5.41, 5.74) is 5.52. The van der Waals surface area contributed by atoms with Crippen molar-refractivity contribution in [3.05, 3.63) is 0 Å². The monoisotopic (exact) mass is 228 g/mol. The fourth-order valence-electron chi connectivity index (χ4n) is 1.81. The molecular formula is C13H28N2O. The summed E-state index contributed by atoms with van der Waals surface area (Å²) in [6.45, 7) is 10.8. The highest BCUT2D eigenvalue weighted by Gasteiger charge is 2.23. The molecule has 0 saturated heterocycles. The Morgan fingerprint density at radius 3 is 2.06 bits per heavy atom. The van der Waals surface area contributed by atoms with E-state index < -0.39 is 0 Å². The van der Waals surface area contributed by atoms with Gasteiger partial charge in [0.1, 0.15) is 0 Å². The summed E-state index contributed by atoms with van der Waals surface area (Å²) >= 11 is 0. The smallest absolute Gasteiger partial charge is 0.224 e. The Bertz CT molecular complexity index is 204. The maximum atomic E-state index is 12.0. The quantitative estimate of drug-likeness (QED) is 0.733. The van der Waals surface area contributed by atoms with Gasteiger partial charge in [-0.2, -0.15) is 0 Å². The lowest BCUT2D eigenvalue weighted by molar-refractivity contribution is -0.126. The molecule has 1 amide bonds. The summed E-state index contributed by atoms with van der Waals surface area (Å²) in [6.07, 6.45) is 3.15. The predicted molar refractivity (Wildman–Crippen MR) is 69.1 cm³/mol. The van der Waals surface area contributed by atoms with Crippen molar-refractivity contribution in [2.24, 2.45) is 17.6 Å². The second-order valence-electron chi connectivity index (χ2n) is 5.59. The molecule has 0 aromatic carbocycles. The number of hydrogen-bond acceptors (Lipinski definition) is 2. The van der Waals surface area contributed by atoms with E-state index in [0.717, 1.165) is 19.3 Å². The first kappa shape index (κ1) is 15.4. The summed E-state index contributed by atoms with van der Waals surface area (Å²) in [4.78, 5) is 12.0. The van der Waals surface area contributed by atoms with Crippen molar-refractivity contribution < 1.29 is 4.79 Å². The van der Waals surface area contributed by atoms with Crippen molar-refractivity contribution in [3.8, 4) is 0 Å². The van der Waals surface area contributed by atoms with Crippen LogP contribution in [-0.2, 0) is 4.79 Å². The topological polar surface area (TPSA) is 55.1 Å². The van der Waals surface area contributed by atoms with Crippen molar-refractivity contribution in [3.63, 3.8) is 0 Å². The largest absolute Gasteiger partial charge is 0.351 e. The Morgan fingerprint density at radius 1 is 1.25 bits per heavy atom. The van der Waals surface area contributed by atoms with Crippen LogP contribution in [0.2, 0.25) is 0 Å². The van der Waals surface area contributed by atoms with Gasteiger partial charge in [0.15, 0.2) is 0 Å². The number of hydrogen-bond donors (Lipinski definition) is 2. The van der Waals surface area contributed by atoms with Gasteiger partial charge >= 0.3 is 0 Å². The molecule has 3 nitrogen and oxygen atoms in total. The van der Waals surface area contributed by atoms with Gasteiger partial charge in [0.2, 0.25) is 5.91 Å². The van der Waals surface area contributed by atoms with Crippen LogP contribution < -0.4 is 11.1 Å². The maximum Gasteiger partial charge on any atom is 0.224 e. The van der Waals surface area contributed by atoms with Gasteiger partial charge in [0.25, 0.3) is 0 Å². The van der Waals surface area contributed by atoms with E-state index in [-0.39, 0.29) is 17.4 Å². The minimum absolute atomic E-state index is 0.0378. The summed E-state index contributed by atoms with van der Waals surface area (Å²) in [7, 11) is 0. The lowest BCUT2D eigenvalue weighted by atomic mass is 9.89. The second-order valence-corrected chi connectivity index (χ2v) is 5.59. The molecule has 0 fully saturated rings. The molecule has 0 aliphatic heterocycles. The number of carbonyl (C=O) groups is 1. The molecular weight excluding hydrogens is 200 g/mol. The van der Waals surface area contributed by atoms with E-state index in [9.17, 15) is 4.79 Å². The van der Waals surface area contributed by atoms with Gasteiger partial charge in [-0.3, -0.25) is 4.79 Å². The number of rotatable bonds is 6. The van der Waals surface area contributed by atoms with Gasteiger partial charge in [0, 0.05) is 12.1 Å². The van der Waals surface area contributed by atoms with Crippen molar-refractivity contribution in [1.82, 2.24) is 5.32 Å². The molecule has 0 heterocycles. The molecule has 0 aromatic heterocycles. The van der Waals surface area contributed by atoms with Crippen LogP contribution in [0.3, 0.4) is 0 Å². The Balaban J connectivity index is 4.32. The average molecular weight is 228 g/mol. The van der Waals surface area contributed by atoms with Gasteiger partial charge in [-0.25, -0.2) is 0 Å². The minimum Gasteiger partial charge on any atom is -0.351 e. The fourth-order valence-corrected chi connectivity index (χ4v) is 1.81. The van der Waals surface area contributed by atoms with E-state index in [0.29, 0.717) is 12.5 Å². The zero-order valence-electron chi connectivity index (χ0n) is 11.5. The van der Waals surface area contributed by atoms with E-state index in [2.05, 4.69) is 19.2 Å². The molecule has 1 unspecified atom stereocenters.